The topological polar surface area (TPSA) is 77.4 Å². The Morgan fingerprint density at radius 2 is 2.04 bits per heavy atom. The summed E-state index contributed by atoms with van der Waals surface area (Å²) in [6.45, 7) is 6.35. The molecule has 2 unspecified atom stereocenters. The summed E-state index contributed by atoms with van der Waals surface area (Å²) in [5, 5.41) is 14.3. The molecule has 0 saturated carbocycles. The van der Waals surface area contributed by atoms with Crippen LogP contribution >= 0.6 is 11.6 Å². The summed E-state index contributed by atoms with van der Waals surface area (Å²) in [6.07, 6.45) is 0.758. The lowest BCUT2D eigenvalue weighted by Gasteiger charge is -2.37. The summed E-state index contributed by atoms with van der Waals surface area (Å²) in [5.41, 5.74) is 0.677. The average Bonchev–Trinajstić information content (AvgIpc) is 3.26. The number of guanidine groups is 1. The van der Waals surface area contributed by atoms with Gasteiger partial charge in [-0.2, -0.15) is 0 Å². The predicted molar refractivity (Wildman–Crippen MR) is 110 cm³/mol. The summed E-state index contributed by atoms with van der Waals surface area (Å²) in [6, 6.07) is 7.26. The number of benzene rings is 1. The van der Waals surface area contributed by atoms with Gasteiger partial charge in [-0.1, -0.05) is 29.8 Å². The second kappa shape index (κ2) is 10.1. The van der Waals surface area contributed by atoms with Gasteiger partial charge in [0.15, 0.2) is 5.96 Å². The lowest BCUT2D eigenvalue weighted by Crippen LogP contribution is -2.55. The molecule has 0 aliphatic carbocycles. The molecular formula is C20H29ClN4O3. The first-order chi connectivity index (χ1) is 13.6. The van der Waals surface area contributed by atoms with Crippen LogP contribution in [0.3, 0.4) is 0 Å². The van der Waals surface area contributed by atoms with Gasteiger partial charge < -0.3 is 25.0 Å². The van der Waals surface area contributed by atoms with Crippen molar-refractivity contribution in [1.29, 1.82) is 0 Å². The number of carbonyl (C=O) groups excluding carboxylic acids is 1. The van der Waals surface area contributed by atoms with Crippen molar-refractivity contribution in [2.45, 2.75) is 32.0 Å². The molecule has 2 aliphatic heterocycles. The highest BCUT2D eigenvalue weighted by molar-refractivity contribution is 6.31. The molecule has 28 heavy (non-hydrogen) atoms. The van der Waals surface area contributed by atoms with E-state index in [0.29, 0.717) is 43.4 Å². The van der Waals surface area contributed by atoms with Gasteiger partial charge in [-0.3, -0.25) is 9.79 Å². The number of nitrogens with one attached hydrogen (secondary N) is 1. The minimum Gasteiger partial charge on any atom is -0.386 e. The van der Waals surface area contributed by atoms with E-state index in [1.165, 1.54) is 0 Å². The Kier molecular flexibility index (Phi) is 7.53. The van der Waals surface area contributed by atoms with Gasteiger partial charge in [0, 0.05) is 49.9 Å². The van der Waals surface area contributed by atoms with Crippen LogP contribution in [-0.4, -0.2) is 78.8 Å². The molecule has 1 aromatic carbocycles. The largest absolute Gasteiger partial charge is 0.386 e. The van der Waals surface area contributed by atoms with Crippen molar-refractivity contribution in [1.82, 2.24) is 15.1 Å². The Morgan fingerprint density at radius 3 is 2.68 bits per heavy atom. The summed E-state index contributed by atoms with van der Waals surface area (Å²) >= 11 is 6.16. The fraction of sp³-hybridized carbons (Fsp3) is 0.600. The predicted octanol–water partition coefficient (Wildman–Crippen LogP) is 1.66. The maximum atomic E-state index is 12.5. The van der Waals surface area contributed by atoms with Crippen LogP contribution in [0.25, 0.3) is 0 Å². The molecule has 2 fully saturated rings. The fourth-order valence-corrected chi connectivity index (χ4v) is 3.82. The van der Waals surface area contributed by atoms with Crippen molar-refractivity contribution in [3.8, 4) is 0 Å². The van der Waals surface area contributed by atoms with Crippen molar-refractivity contribution in [2.24, 2.45) is 4.99 Å². The Balaban J connectivity index is 1.57. The van der Waals surface area contributed by atoms with Crippen LogP contribution < -0.4 is 5.32 Å². The summed E-state index contributed by atoms with van der Waals surface area (Å²) in [5.74, 6) is 0.853. The summed E-state index contributed by atoms with van der Waals surface area (Å²) < 4.78 is 5.52. The number of halogens is 1. The molecule has 1 aromatic rings. The number of piperazine rings is 1. The number of aliphatic hydroxyl groups excluding tert-OH is 1. The van der Waals surface area contributed by atoms with E-state index in [1.807, 2.05) is 30.0 Å². The van der Waals surface area contributed by atoms with E-state index < -0.39 is 6.10 Å². The van der Waals surface area contributed by atoms with Gasteiger partial charge >= 0.3 is 0 Å². The standard InChI is InChI=1S/C20H29ClN4O3/c1-2-22-20(23-14-17(26)15-6-3-4-7-16(15)21)25-11-9-24(10-12-25)19(27)18-8-5-13-28-18/h3-4,6-7,17-18,26H,2,5,8-14H2,1H3,(H,22,23). The van der Waals surface area contributed by atoms with Gasteiger partial charge in [-0.15, -0.1) is 0 Å². The summed E-state index contributed by atoms with van der Waals surface area (Å²) in [7, 11) is 0. The van der Waals surface area contributed by atoms with Crippen molar-refractivity contribution < 1.29 is 14.6 Å². The first kappa shape index (κ1) is 20.9. The van der Waals surface area contributed by atoms with Crippen LogP contribution in [0.2, 0.25) is 5.02 Å². The second-order valence-corrected chi connectivity index (χ2v) is 7.45. The highest BCUT2D eigenvalue weighted by Crippen LogP contribution is 2.22. The number of hydrogen-bond donors (Lipinski definition) is 2. The average molecular weight is 409 g/mol. The van der Waals surface area contributed by atoms with Crippen LogP contribution in [0.1, 0.15) is 31.4 Å². The molecule has 154 valence electrons. The molecule has 3 rings (SSSR count). The third kappa shape index (κ3) is 5.16. The molecule has 7 nitrogen and oxygen atoms in total. The first-order valence-electron chi connectivity index (χ1n) is 9.96. The lowest BCUT2D eigenvalue weighted by molar-refractivity contribution is -0.142. The number of carbonyl (C=O) groups is 1. The molecule has 0 aromatic heterocycles. The van der Waals surface area contributed by atoms with Gasteiger partial charge in [0.25, 0.3) is 5.91 Å². The normalized spacial score (nSPS) is 21.7. The van der Waals surface area contributed by atoms with Crippen molar-refractivity contribution in [3.05, 3.63) is 34.9 Å². The van der Waals surface area contributed by atoms with E-state index in [2.05, 4.69) is 15.2 Å². The van der Waals surface area contributed by atoms with Crippen LogP contribution in [0, 0.1) is 0 Å². The van der Waals surface area contributed by atoms with Crippen LogP contribution in [0.15, 0.2) is 29.3 Å². The number of amides is 1. The molecule has 0 radical (unpaired) electrons. The van der Waals surface area contributed by atoms with Gasteiger partial charge in [0.1, 0.15) is 12.2 Å². The van der Waals surface area contributed by atoms with Crippen molar-refractivity contribution in [3.63, 3.8) is 0 Å². The van der Waals surface area contributed by atoms with Crippen LogP contribution in [-0.2, 0) is 9.53 Å². The third-order valence-electron chi connectivity index (χ3n) is 5.11. The Bertz CT molecular complexity index is 686. The molecule has 2 atom stereocenters. The highest BCUT2D eigenvalue weighted by Gasteiger charge is 2.31. The smallest absolute Gasteiger partial charge is 0.251 e. The maximum absolute atomic E-state index is 12.5. The third-order valence-corrected chi connectivity index (χ3v) is 5.45. The number of ether oxygens (including phenoxy) is 1. The molecular weight excluding hydrogens is 380 g/mol. The van der Waals surface area contributed by atoms with E-state index in [0.717, 1.165) is 25.3 Å². The van der Waals surface area contributed by atoms with E-state index >= 15 is 0 Å². The van der Waals surface area contributed by atoms with Gasteiger partial charge in [0.2, 0.25) is 0 Å². The molecule has 0 bridgehead atoms. The Morgan fingerprint density at radius 1 is 1.32 bits per heavy atom. The monoisotopic (exact) mass is 408 g/mol. The van der Waals surface area contributed by atoms with Crippen LogP contribution in [0.5, 0.6) is 0 Å². The van der Waals surface area contributed by atoms with Crippen molar-refractivity contribution in [2.75, 3.05) is 45.9 Å². The number of aliphatic hydroxyl groups is 1. The van der Waals surface area contributed by atoms with Gasteiger partial charge in [-0.25, -0.2) is 0 Å². The van der Waals surface area contributed by atoms with Gasteiger partial charge in [0.05, 0.1) is 6.54 Å². The molecule has 8 heteroatoms. The molecule has 2 heterocycles. The number of aliphatic imine (C=N–C) groups is 1. The maximum Gasteiger partial charge on any atom is 0.251 e. The number of nitrogens with zero attached hydrogens (tertiary/aromatic N) is 3. The van der Waals surface area contributed by atoms with E-state index in [-0.39, 0.29) is 18.6 Å². The van der Waals surface area contributed by atoms with Crippen LogP contribution in [0.4, 0.5) is 0 Å². The molecule has 0 spiro atoms. The zero-order chi connectivity index (χ0) is 19.9. The SMILES string of the molecule is CCNC(=NCC(O)c1ccccc1Cl)N1CCN(C(=O)C2CCCO2)CC1. The Labute approximate surface area is 171 Å². The quantitative estimate of drug-likeness (QED) is 0.572. The van der Waals surface area contributed by atoms with E-state index in [1.54, 1.807) is 6.07 Å². The lowest BCUT2D eigenvalue weighted by atomic mass is 10.1. The molecule has 2 N–H and O–H groups in total. The zero-order valence-electron chi connectivity index (χ0n) is 16.3. The minimum atomic E-state index is -0.760. The fourth-order valence-electron chi connectivity index (χ4n) is 3.56. The van der Waals surface area contributed by atoms with E-state index in [4.69, 9.17) is 16.3 Å². The zero-order valence-corrected chi connectivity index (χ0v) is 17.1. The Hall–Kier alpha value is -1.83. The van der Waals surface area contributed by atoms with Gasteiger partial charge in [-0.05, 0) is 25.8 Å². The molecule has 2 aliphatic rings. The molecule has 1 amide bonds. The first-order valence-corrected chi connectivity index (χ1v) is 10.3. The number of hydrogen-bond acceptors (Lipinski definition) is 4. The van der Waals surface area contributed by atoms with Crippen molar-refractivity contribution >= 4 is 23.5 Å². The minimum absolute atomic E-state index is 0.105. The summed E-state index contributed by atoms with van der Waals surface area (Å²) in [4.78, 5) is 21.1. The molecule has 2 saturated heterocycles. The second-order valence-electron chi connectivity index (χ2n) is 7.05. The number of rotatable bonds is 5. The highest BCUT2D eigenvalue weighted by atomic mass is 35.5. The van der Waals surface area contributed by atoms with E-state index in [9.17, 15) is 9.90 Å².